The van der Waals surface area contributed by atoms with Crippen LogP contribution in [0.25, 0.3) is 0 Å². The number of nitrogens with one attached hydrogen (secondary N) is 1. The van der Waals surface area contributed by atoms with Gasteiger partial charge in [0.05, 0.1) is 0 Å². The van der Waals surface area contributed by atoms with Crippen LogP contribution in [0, 0.1) is 0 Å². The lowest BCUT2D eigenvalue weighted by atomic mass is 10.6. The Bertz CT molecular complexity index is 153. The highest BCUT2D eigenvalue weighted by molar-refractivity contribution is 4.96. The molecule has 1 heterocycles. The summed E-state index contributed by atoms with van der Waals surface area (Å²) in [5.41, 5.74) is 5.49. The quantitative estimate of drug-likeness (QED) is 0.594. The van der Waals surface area contributed by atoms with Crippen molar-refractivity contribution in [3.63, 3.8) is 0 Å². The summed E-state index contributed by atoms with van der Waals surface area (Å²) in [6, 6.07) is 0. The second-order valence-electron chi connectivity index (χ2n) is 1.56. The molecule has 0 unspecified atom stereocenters. The van der Waals surface area contributed by atoms with Gasteiger partial charge in [-0.15, -0.1) is 13.2 Å². The molecule has 0 fully saturated rings. The van der Waals surface area contributed by atoms with Crippen LogP contribution >= 0.6 is 0 Å². The van der Waals surface area contributed by atoms with Gasteiger partial charge in [-0.05, 0) is 6.08 Å². The van der Waals surface area contributed by atoms with Crippen LogP contribution in [0.4, 0.5) is 13.2 Å². The fourth-order valence-corrected chi connectivity index (χ4v) is 0.485. The smallest absolute Gasteiger partial charge is 0.387 e. The molecule has 57 valence electrons. The van der Waals surface area contributed by atoms with E-state index in [0.717, 1.165) is 0 Å². The summed E-state index contributed by atoms with van der Waals surface area (Å²) >= 11 is 0. The summed E-state index contributed by atoms with van der Waals surface area (Å²) in [7, 11) is 0. The highest BCUT2D eigenvalue weighted by Crippen LogP contribution is 2.20. The maximum Gasteiger partial charge on any atom is 0.574 e. The minimum absolute atomic E-state index is 0.283. The minimum atomic E-state index is -4.64. The molecule has 3 nitrogen and oxygen atoms in total. The fourth-order valence-electron chi connectivity index (χ4n) is 0.485. The van der Waals surface area contributed by atoms with E-state index in [1.165, 1.54) is 6.08 Å². The second kappa shape index (κ2) is 2.37. The predicted molar refractivity (Wildman–Crippen MR) is 25.4 cm³/mol. The van der Waals surface area contributed by atoms with Crippen LogP contribution in [0.15, 0.2) is 12.0 Å². The lowest BCUT2D eigenvalue weighted by Crippen LogP contribution is -2.21. The van der Waals surface area contributed by atoms with E-state index >= 15 is 0 Å². The maximum absolute atomic E-state index is 11.4. The number of rotatable bonds is 1. The van der Waals surface area contributed by atoms with Crippen LogP contribution in [0.1, 0.15) is 0 Å². The molecule has 6 heteroatoms. The van der Waals surface area contributed by atoms with Crippen molar-refractivity contribution in [3.05, 3.63) is 12.0 Å². The standard InChI is InChI=1S/C4H4F3N2O/c5-4(6,7)10-3-1-2-8-9-3/h1,8H,2H2. The summed E-state index contributed by atoms with van der Waals surface area (Å²) in [5.74, 6) is -0.424. The third kappa shape index (κ3) is 2.14. The van der Waals surface area contributed by atoms with Gasteiger partial charge in [0.2, 0.25) is 5.88 Å². The molecule has 0 aliphatic carbocycles. The Morgan fingerprint density at radius 2 is 2.30 bits per heavy atom. The van der Waals surface area contributed by atoms with Crippen LogP contribution in [0.2, 0.25) is 0 Å². The Hall–Kier alpha value is -0.910. The highest BCUT2D eigenvalue weighted by atomic mass is 19.4. The predicted octanol–water partition coefficient (Wildman–Crippen LogP) is 0.487. The van der Waals surface area contributed by atoms with E-state index in [-0.39, 0.29) is 6.54 Å². The van der Waals surface area contributed by atoms with Crippen molar-refractivity contribution < 1.29 is 17.9 Å². The van der Waals surface area contributed by atoms with Crippen LogP contribution < -0.4 is 10.9 Å². The zero-order valence-electron chi connectivity index (χ0n) is 4.77. The second-order valence-corrected chi connectivity index (χ2v) is 1.56. The van der Waals surface area contributed by atoms with Gasteiger partial charge in [0.1, 0.15) is 0 Å². The number of hydrogen-bond donors (Lipinski definition) is 1. The fraction of sp³-hybridized carbons (Fsp3) is 0.500. The van der Waals surface area contributed by atoms with Gasteiger partial charge in [-0.1, -0.05) is 0 Å². The Balaban J connectivity index is 2.38. The summed E-state index contributed by atoms with van der Waals surface area (Å²) < 4.78 is 37.5. The average Bonchev–Trinajstić information content (AvgIpc) is 2.12. The molecule has 0 aromatic heterocycles. The lowest BCUT2D eigenvalue weighted by Gasteiger charge is -2.06. The third-order valence-electron chi connectivity index (χ3n) is 0.778. The number of hydrogen-bond acceptors (Lipinski definition) is 2. The number of halogens is 3. The third-order valence-corrected chi connectivity index (χ3v) is 0.778. The van der Waals surface area contributed by atoms with Gasteiger partial charge in [0, 0.05) is 6.54 Å². The summed E-state index contributed by atoms with van der Waals surface area (Å²) in [5, 5.41) is 0. The van der Waals surface area contributed by atoms with Gasteiger partial charge in [-0.25, -0.2) is 5.43 Å². The van der Waals surface area contributed by atoms with Crippen LogP contribution in [0.3, 0.4) is 0 Å². The summed E-state index contributed by atoms with van der Waals surface area (Å²) in [4.78, 5) is 0. The van der Waals surface area contributed by atoms with Crippen molar-refractivity contribution in [2.24, 2.45) is 0 Å². The first-order valence-electron chi connectivity index (χ1n) is 2.47. The molecule has 1 rings (SSSR count). The molecule has 1 N–H and O–H groups in total. The lowest BCUT2D eigenvalue weighted by molar-refractivity contribution is -0.308. The first-order chi connectivity index (χ1) is 4.58. The van der Waals surface area contributed by atoms with Gasteiger partial charge in [0.15, 0.2) is 0 Å². The number of alkyl halides is 3. The minimum Gasteiger partial charge on any atom is -0.387 e. The Labute approximate surface area is 54.8 Å². The van der Waals surface area contributed by atoms with Gasteiger partial charge in [-0.2, -0.15) is 5.43 Å². The van der Waals surface area contributed by atoms with Gasteiger partial charge < -0.3 is 4.74 Å². The molecule has 1 aliphatic rings. The van der Waals surface area contributed by atoms with Gasteiger partial charge in [0.25, 0.3) is 0 Å². The molecule has 0 spiro atoms. The normalized spacial score (nSPS) is 18.1. The topological polar surface area (TPSA) is 35.4 Å². The summed E-state index contributed by atoms with van der Waals surface area (Å²) in [6.07, 6.45) is -3.44. The molecular formula is C4H4F3N2O. The van der Waals surface area contributed by atoms with E-state index in [2.05, 4.69) is 15.6 Å². The molecular weight excluding hydrogens is 149 g/mol. The zero-order valence-corrected chi connectivity index (χ0v) is 4.77. The number of nitrogens with zero attached hydrogens (tertiary/aromatic N) is 1. The molecule has 1 radical (unpaired) electrons. The van der Waals surface area contributed by atoms with Crippen LogP contribution in [-0.2, 0) is 4.74 Å². The first kappa shape index (κ1) is 7.20. The van der Waals surface area contributed by atoms with Crippen molar-refractivity contribution in [1.82, 2.24) is 10.9 Å². The van der Waals surface area contributed by atoms with Crippen molar-refractivity contribution in [2.75, 3.05) is 6.54 Å². The SMILES string of the molecule is FC(F)(F)OC1=CCN[N]1. The van der Waals surface area contributed by atoms with E-state index in [4.69, 9.17) is 0 Å². The van der Waals surface area contributed by atoms with E-state index in [1.54, 1.807) is 0 Å². The van der Waals surface area contributed by atoms with E-state index in [0.29, 0.717) is 0 Å². The molecule has 10 heavy (non-hydrogen) atoms. The van der Waals surface area contributed by atoms with Crippen molar-refractivity contribution in [3.8, 4) is 0 Å². The van der Waals surface area contributed by atoms with E-state index < -0.39 is 12.2 Å². The zero-order chi connectivity index (χ0) is 7.61. The number of ether oxygens (including phenoxy) is 1. The monoisotopic (exact) mass is 153 g/mol. The van der Waals surface area contributed by atoms with Crippen molar-refractivity contribution in [2.45, 2.75) is 6.36 Å². The Kier molecular flexibility index (Phi) is 1.71. The van der Waals surface area contributed by atoms with E-state index in [1.807, 2.05) is 0 Å². The molecule has 1 aliphatic heterocycles. The molecule has 0 saturated carbocycles. The molecule has 0 amide bonds. The Morgan fingerprint density at radius 3 is 2.70 bits per heavy atom. The van der Waals surface area contributed by atoms with Crippen molar-refractivity contribution >= 4 is 0 Å². The molecule has 0 atom stereocenters. The largest absolute Gasteiger partial charge is 0.574 e. The average molecular weight is 153 g/mol. The molecule has 0 aromatic rings. The Morgan fingerprint density at radius 1 is 1.60 bits per heavy atom. The van der Waals surface area contributed by atoms with Crippen LogP contribution in [0.5, 0.6) is 0 Å². The van der Waals surface area contributed by atoms with Crippen LogP contribution in [-0.4, -0.2) is 12.9 Å². The molecule has 0 bridgehead atoms. The van der Waals surface area contributed by atoms with E-state index in [9.17, 15) is 13.2 Å². The highest BCUT2D eigenvalue weighted by Gasteiger charge is 2.33. The molecule has 0 saturated heterocycles. The molecule has 0 aromatic carbocycles. The first-order valence-corrected chi connectivity index (χ1v) is 2.47. The van der Waals surface area contributed by atoms with Gasteiger partial charge in [-0.3, -0.25) is 0 Å². The summed E-state index contributed by atoms with van der Waals surface area (Å²) in [6.45, 7) is 0.283. The van der Waals surface area contributed by atoms with Gasteiger partial charge >= 0.3 is 6.36 Å². The van der Waals surface area contributed by atoms with Crippen molar-refractivity contribution in [1.29, 1.82) is 0 Å². The maximum atomic E-state index is 11.4.